The van der Waals surface area contributed by atoms with Gasteiger partial charge in [0.25, 0.3) is 0 Å². The molecule has 2 aromatic carbocycles. The smallest absolute Gasteiger partial charge is 0.347 e. The van der Waals surface area contributed by atoms with Gasteiger partial charge in [-0.2, -0.15) is 0 Å². The van der Waals surface area contributed by atoms with E-state index in [-0.39, 0.29) is 34.1 Å². The lowest BCUT2D eigenvalue weighted by molar-refractivity contribution is 0.0735. The summed E-state index contributed by atoms with van der Waals surface area (Å²) in [4.78, 5) is 23.8. The Morgan fingerprint density at radius 1 is 1.17 bits per heavy atom. The average Bonchev–Trinajstić information content (AvgIpc) is 2.65. The van der Waals surface area contributed by atoms with E-state index in [1.54, 1.807) is 26.0 Å². The number of phenolic OH excluding ortho intramolecular Hbond substituents is 1. The highest BCUT2D eigenvalue weighted by molar-refractivity contribution is 6.01. The molecular weight excluding hydrogens is 300 g/mol. The minimum Gasteiger partial charge on any atom is -0.507 e. The molecule has 0 spiro atoms. The second-order valence-electron chi connectivity index (χ2n) is 5.16. The Balaban J connectivity index is 2.29. The molecule has 1 aliphatic heterocycles. The summed E-state index contributed by atoms with van der Waals surface area (Å²) in [7, 11) is 1.51. The quantitative estimate of drug-likeness (QED) is 0.521. The summed E-state index contributed by atoms with van der Waals surface area (Å²) in [5, 5.41) is 9.93. The van der Waals surface area contributed by atoms with Crippen LogP contribution in [0.3, 0.4) is 0 Å². The van der Waals surface area contributed by atoms with Crippen molar-refractivity contribution in [1.82, 2.24) is 0 Å². The molecule has 0 saturated heterocycles. The summed E-state index contributed by atoms with van der Waals surface area (Å²) < 4.78 is 16.4. The molecule has 0 aromatic heterocycles. The lowest BCUT2D eigenvalue weighted by Gasteiger charge is -2.13. The molecule has 0 unspecified atom stereocenters. The van der Waals surface area contributed by atoms with Gasteiger partial charge in [-0.15, -0.1) is 0 Å². The van der Waals surface area contributed by atoms with Gasteiger partial charge in [0, 0.05) is 5.56 Å². The summed E-state index contributed by atoms with van der Waals surface area (Å²) in [5.74, 6) is 0.116. The van der Waals surface area contributed by atoms with Crippen LogP contribution < -0.4 is 14.2 Å². The normalized spacial score (nSPS) is 12.4. The number of aromatic hydroxyl groups is 1. The molecular formula is C17H14O6. The van der Waals surface area contributed by atoms with Crippen molar-refractivity contribution in [1.29, 1.82) is 0 Å². The number of fused-ring (bicyclic) bond motifs is 2. The lowest BCUT2D eigenvalue weighted by atomic mass is 10.0. The van der Waals surface area contributed by atoms with Crippen LogP contribution in [0.1, 0.15) is 31.8 Å². The zero-order valence-corrected chi connectivity index (χ0v) is 12.8. The van der Waals surface area contributed by atoms with Crippen molar-refractivity contribution in [2.45, 2.75) is 13.8 Å². The monoisotopic (exact) mass is 314 g/mol. The maximum atomic E-state index is 12.5. The third kappa shape index (κ3) is 2.19. The molecule has 0 amide bonds. The molecule has 23 heavy (non-hydrogen) atoms. The van der Waals surface area contributed by atoms with Gasteiger partial charge in [0.05, 0.1) is 12.7 Å². The number of ether oxygens (including phenoxy) is 3. The summed E-state index contributed by atoms with van der Waals surface area (Å²) in [5.41, 5.74) is 1.06. The maximum Gasteiger partial charge on any atom is 0.347 e. The first-order valence-corrected chi connectivity index (χ1v) is 6.87. The van der Waals surface area contributed by atoms with Crippen LogP contribution in [0.5, 0.6) is 28.7 Å². The van der Waals surface area contributed by atoms with Gasteiger partial charge >= 0.3 is 5.97 Å². The van der Waals surface area contributed by atoms with E-state index in [1.165, 1.54) is 13.2 Å². The third-order valence-electron chi connectivity index (χ3n) is 3.76. The number of carbonyl (C=O) groups excluding carboxylic acids is 2. The minimum atomic E-state index is -0.657. The Labute approximate surface area is 132 Å². The van der Waals surface area contributed by atoms with E-state index in [0.29, 0.717) is 23.2 Å². The van der Waals surface area contributed by atoms with E-state index in [2.05, 4.69) is 0 Å². The van der Waals surface area contributed by atoms with E-state index in [9.17, 15) is 14.7 Å². The highest BCUT2D eigenvalue weighted by Gasteiger charge is 2.30. The third-order valence-corrected chi connectivity index (χ3v) is 3.76. The van der Waals surface area contributed by atoms with Crippen molar-refractivity contribution in [2.24, 2.45) is 0 Å². The van der Waals surface area contributed by atoms with Crippen molar-refractivity contribution in [3.05, 3.63) is 40.5 Å². The number of benzene rings is 2. The van der Waals surface area contributed by atoms with Crippen molar-refractivity contribution >= 4 is 12.3 Å². The first kappa shape index (κ1) is 14.9. The number of hydrogen-bond donors (Lipinski definition) is 1. The van der Waals surface area contributed by atoms with Gasteiger partial charge in [-0.3, -0.25) is 4.79 Å². The van der Waals surface area contributed by atoms with E-state index in [0.717, 1.165) is 0 Å². The standard InChI is InChI=1S/C17H14O6/c1-8-6-11(19)10(7-18)16-14(8)17(20)23-15-9(2)12(21-3)4-5-13(15)22-16/h4-7,19H,1-3H3. The molecule has 0 fully saturated rings. The van der Waals surface area contributed by atoms with Gasteiger partial charge in [0.15, 0.2) is 23.5 Å². The molecule has 0 radical (unpaired) electrons. The number of methoxy groups -OCH3 is 1. The summed E-state index contributed by atoms with van der Waals surface area (Å²) in [6.07, 6.45) is 0.447. The van der Waals surface area contributed by atoms with E-state index in [4.69, 9.17) is 14.2 Å². The van der Waals surface area contributed by atoms with Crippen molar-refractivity contribution in [2.75, 3.05) is 7.11 Å². The first-order valence-electron chi connectivity index (χ1n) is 6.87. The van der Waals surface area contributed by atoms with Crippen molar-refractivity contribution in [3.63, 3.8) is 0 Å². The lowest BCUT2D eigenvalue weighted by Crippen LogP contribution is -2.11. The van der Waals surface area contributed by atoms with E-state index in [1.807, 2.05) is 0 Å². The highest BCUT2D eigenvalue weighted by Crippen LogP contribution is 2.45. The molecule has 6 heteroatoms. The molecule has 0 aliphatic carbocycles. The average molecular weight is 314 g/mol. The van der Waals surface area contributed by atoms with Crippen LogP contribution in [0.2, 0.25) is 0 Å². The molecule has 1 N–H and O–H groups in total. The molecule has 0 bridgehead atoms. The predicted molar refractivity (Wildman–Crippen MR) is 81.0 cm³/mol. The SMILES string of the molecule is COc1ccc2c(c1C)OC(=O)c1c(C)cc(O)c(C=O)c1O2. The van der Waals surface area contributed by atoms with Gasteiger partial charge in [-0.05, 0) is 37.6 Å². The number of rotatable bonds is 2. The molecule has 118 valence electrons. The van der Waals surface area contributed by atoms with Crippen molar-refractivity contribution in [3.8, 4) is 28.7 Å². The summed E-state index contributed by atoms with van der Waals surface area (Å²) in [6, 6.07) is 4.58. The highest BCUT2D eigenvalue weighted by atomic mass is 16.6. The topological polar surface area (TPSA) is 82.1 Å². The minimum absolute atomic E-state index is 0.00850. The number of aryl methyl sites for hydroxylation is 1. The van der Waals surface area contributed by atoms with Crippen LogP contribution in [0, 0.1) is 13.8 Å². The number of aldehydes is 1. The van der Waals surface area contributed by atoms with Crippen LogP contribution in [0.15, 0.2) is 18.2 Å². The Morgan fingerprint density at radius 2 is 1.91 bits per heavy atom. The fourth-order valence-corrected chi connectivity index (χ4v) is 2.59. The number of carbonyl (C=O) groups is 2. The largest absolute Gasteiger partial charge is 0.507 e. The van der Waals surface area contributed by atoms with Gasteiger partial charge in [-0.25, -0.2) is 4.79 Å². The van der Waals surface area contributed by atoms with Crippen LogP contribution in [0.4, 0.5) is 0 Å². The fourth-order valence-electron chi connectivity index (χ4n) is 2.59. The molecule has 1 aliphatic rings. The predicted octanol–water partition coefficient (Wildman–Crippen LogP) is 3.16. The van der Waals surface area contributed by atoms with E-state index < -0.39 is 5.97 Å². The second-order valence-corrected chi connectivity index (χ2v) is 5.16. The van der Waals surface area contributed by atoms with Crippen LogP contribution in [0.25, 0.3) is 0 Å². The Bertz CT molecular complexity index is 838. The van der Waals surface area contributed by atoms with Crippen LogP contribution in [-0.2, 0) is 0 Å². The molecule has 6 nitrogen and oxygen atoms in total. The van der Waals surface area contributed by atoms with Gasteiger partial charge < -0.3 is 19.3 Å². The number of hydrogen-bond acceptors (Lipinski definition) is 6. The maximum absolute atomic E-state index is 12.5. The zero-order chi connectivity index (χ0) is 16.7. The Hall–Kier alpha value is -3.02. The first-order chi connectivity index (χ1) is 11.0. The number of esters is 1. The summed E-state index contributed by atoms with van der Waals surface area (Å²) >= 11 is 0. The van der Waals surface area contributed by atoms with Crippen LogP contribution >= 0.6 is 0 Å². The Morgan fingerprint density at radius 3 is 2.57 bits per heavy atom. The second kappa shape index (κ2) is 5.31. The fraction of sp³-hybridized carbons (Fsp3) is 0.176. The Kier molecular flexibility index (Phi) is 3.44. The van der Waals surface area contributed by atoms with Gasteiger partial charge in [-0.1, -0.05) is 0 Å². The van der Waals surface area contributed by atoms with Gasteiger partial charge in [0.2, 0.25) is 0 Å². The molecule has 3 rings (SSSR count). The summed E-state index contributed by atoms with van der Waals surface area (Å²) in [6.45, 7) is 3.36. The zero-order valence-electron chi connectivity index (χ0n) is 12.8. The molecule has 0 atom stereocenters. The van der Waals surface area contributed by atoms with Crippen LogP contribution in [-0.4, -0.2) is 24.5 Å². The molecule has 1 heterocycles. The number of phenols is 1. The molecule has 2 aromatic rings. The molecule has 0 saturated carbocycles. The van der Waals surface area contributed by atoms with Gasteiger partial charge in [0.1, 0.15) is 17.1 Å². The van der Waals surface area contributed by atoms with E-state index >= 15 is 0 Å². The van der Waals surface area contributed by atoms with Crippen molar-refractivity contribution < 1.29 is 28.9 Å².